The van der Waals surface area contributed by atoms with E-state index in [-0.39, 0.29) is 0 Å². The van der Waals surface area contributed by atoms with Gasteiger partial charge in [0.15, 0.2) is 0 Å². The van der Waals surface area contributed by atoms with Crippen LogP contribution in [0.15, 0.2) is 41.8 Å². The zero-order valence-corrected chi connectivity index (χ0v) is 10.9. The highest BCUT2D eigenvalue weighted by molar-refractivity contribution is 7.17. The van der Waals surface area contributed by atoms with Gasteiger partial charge in [-0.2, -0.15) is 0 Å². The van der Waals surface area contributed by atoms with Crippen molar-refractivity contribution < 1.29 is 18.3 Å². The quantitative estimate of drug-likeness (QED) is 0.742. The third-order valence-corrected chi connectivity index (χ3v) is 4.10. The molecule has 0 radical (unpaired) electrons. The third kappa shape index (κ3) is 2.09. The molecule has 5 heteroatoms. The molecule has 0 fully saturated rings. The van der Waals surface area contributed by atoms with Crippen molar-refractivity contribution in [3.05, 3.63) is 70.4 Å². The predicted octanol–water partition coefficient (Wildman–Crippen LogP) is 4.40. The Morgan fingerprint density at radius 1 is 1.00 bits per heavy atom. The van der Waals surface area contributed by atoms with Gasteiger partial charge in [-0.3, -0.25) is 0 Å². The zero-order valence-electron chi connectivity index (χ0n) is 10.1. The predicted molar refractivity (Wildman–Crippen MR) is 72.2 cm³/mol. The average Bonchev–Trinajstić information content (AvgIpc) is 2.85. The largest absolute Gasteiger partial charge is 0.383 e. The van der Waals surface area contributed by atoms with Gasteiger partial charge in [0.25, 0.3) is 0 Å². The van der Waals surface area contributed by atoms with Crippen molar-refractivity contribution in [1.82, 2.24) is 0 Å². The normalized spacial score (nSPS) is 12.8. The second-order valence-corrected chi connectivity index (χ2v) is 5.29. The zero-order chi connectivity index (χ0) is 14.3. The van der Waals surface area contributed by atoms with Gasteiger partial charge in [-0.1, -0.05) is 18.2 Å². The van der Waals surface area contributed by atoms with E-state index in [4.69, 9.17) is 0 Å². The lowest BCUT2D eigenvalue weighted by Crippen LogP contribution is -2.06. The highest BCUT2D eigenvalue weighted by Crippen LogP contribution is 2.34. The molecule has 3 aromatic rings. The first-order valence-electron chi connectivity index (χ1n) is 5.86. The average molecular weight is 294 g/mol. The van der Waals surface area contributed by atoms with E-state index >= 15 is 0 Å². The van der Waals surface area contributed by atoms with Gasteiger partial charge >= 0.3 is 0 Å². The van der Waals surface area contributed by atoms with Gasteiger partial charge in [-0.05, 0) is 16.8 Å². The summed E-state index contributed by atoms with van der Waals surface area (Å²) in [6.45, 7) is 0. The smallest absolute Gasteiger partial charge is 0.135 e. The van der Waals surface area contributed by atoms with Gasteiger partial charge < -0.3 is 5.11 Å². The lowest BCUT2D eigenvalue weighted by Gasteiger charge is -2.14. The molecule has 0 amide bonds. The minimum Gasteiger partial charge on any atom is -0.383 e. The minimum absolute atomic E-state index is 0.405. The van der Waals surface area contributed by atoms with Crippen molar-refractivity contribution in [3.8, 4) is 0 Å². The van der Waals surface area contributed by atoms with Gasteiger partial charge in [0.05, 0.1) is 5.56 Å². The van der Waals surface area contributed by atoms with Crippen molar-refractivity contribution in [2.45, 2.75) is 6.10 Å². The van der Waals surface area contributed by atoms with E-state index < -0.39 is 29.1 Å². The second kappa shape index (κ2) is 4.92. The molecule has 0 aliphatic carbocycles. The summed E-state index contributed by atoms with van der Waals surface area (Å²) in [6.07, 6.45) is -1.47. The van der Waals surface area contributed by atoms with Crippen molar-refractivity contribution in [3.63, 3.8) is 0 Å². The number of hydrogen-bond acceptors (Lipinski definition) is 2. The molecule has 1 unspecified atom stereocenters. The van der Waals surface area contributed by atoms with Crippen LogP contribution in [0.5, 0.6) is 0 Å². The molecule has 3 rings (SSSR count). The molecule has 0 saturated heterocycles. The fraction of sp³-hybridized carbons (Fsp3) is 0.0667. The molecule has 0 aliphatic heterocycles. The Bertz CT molecular complexity index is 759. The summed E-state index contributed by atoms with van der Waals surface area (Å²) < 4.78 is 41.1. The van der Waals surface area contributed by atoms with Crippen molar-refractivity contribution in [1.29, 1.82) is 0 Å². The fourth-order valence-electron chi connectivity index (χ4n) is 2.20. The first kappa shape index (κ1) is 13.1. The summed E-state index contributed by atoms with van der Waals surface area (Å²) in [5, 5.41) is 13.0. The molecule has 102 valence electrons. The molecule has 0 bridgehead atoms. The van der Waals surface area contributed by atoms with Gasteiger partial charge in [-0.15, -0.1) is 11.3 Å². The molecule has 1 nitrogen and oxygen atoms in total. The number of aliphatic hydroxyl groups excluding tert-OH is 1. The first-order valence-corrected chi connectivity index (χ1v) is 6.74. The van der Waals surface area contributed by atoms with Gasteiger partial charge in [-0.25, -0.2) is 13.2 Å². The molecule has 0 spiro atoms. The molecule has 1 aromatic heterocycles. The number of aliphatic hydroxyl groups is 1. The Morgan fingerprint density at radius 3 is 2.40 bits per heavy atom. The van der Waals surface area contributed by atoms with Crippen LogP contribution in [0.1, 0.15) is 17.2 Å². The molecular weight excluding hydrogens is 285 g/mol. The van der Waals surface area contributed by atoms with Crippen LogP contribution in [0.3, 0.4) is 0 Å². The van der Waals surface area contributed by atoms with E-state index in [9.17, 15) is 18.3 Å². The molecule has 1 atom stereocenters. The van der Waals surface area contributed by atoms with Crippen LogP contribution in [0.25, 0.3) is 10.1 Å². The Hall–Kier alpha value is -1.85. The van der Waals surface area contributed by atoms with Gasteiger partial charge in [0, 0.05) is 22.4 Å². The van der Waals surface area contributed by atoms with Crippen LogP contribution < -0.4 is 0 Å². The Kier molecular flexibility index (Phi) is 3.23. The topological polar surface area (TPSA) is 20.2 Å². The summed E-state index contributed by atoms with van der Waals surface area (Å²) in [4.78, 5) is 0. The van der Waals surface area contributed by atoms with Crippen LogP contribution in [0, 0.1) is 17.5 Å². The van der Waals surface area contributed by atoms with Crippen molar-refractivity contribution in [2.75, 3.05) is 0 Å². The summed E-state index contributed by atoms with van der Waals surface area (Å²) in [6, 6.07) is 8.14. The van der Waals surface area contributed by atoms with Crippen LogP contribution in [0.2, 0.25) is 0 Å². The summed E-state index contributed by atoms with van der Waals surface area (Å²) in [7, 11) is 0. The number of rotatable bonds is 2. The Balaban J connectivity index is 2.18. The van der Waals surface area contributed by atoms with E-state index in [1.54, 1.807) is 12.1 Å². The highest BCUT2D eigenvalue weighted by atomic mass is 32.1. The van der Waals surface area contributed by atoms with E-state index in [0.29, 0.717) is 17.7 Å². The maximum Gasteiger partial charge on any atom is 0.135 e. The molecule has 0 aliphatic rings. The van der Waals surface area contributed by atoms with E-state index in [1.807, 2.05) is 17.5 Å². The first-order chi connectivity index (χ1) is 9.58. The number of benzene rings is 2. The van der Waals surface area contributed by atoms with Crippen LogP contribution >= 0.6 is 11.3 Å². The molecule has 1 N–H and O–H groups in total. The fourth-order valence-corrected chi connectivity index (χ4v) is 3.14. The molecule has 20 heavy (non-hydrogen) atoms. The monoisotopic (exact) mass is 294 g/mol. The van der Waals surface area contributed by atoms with E-state index in [1.165, 1.54) is 11.3 Å². The number of halogens is 3. The highest BCUT2D eigenvalue weighted by Gasteiger charge is 2.22. The lowest BCUT2D eigenvalue weighted by molar-refractivity contribution is 0.210. The van der Waals surface area contributed by atoms with Crippen LogP contribution in [0.4, 0.5) is 13.2 Å². The Morgan fingerprint density at radius 2 is 1.70 bits per heavy atom. The van der Waals surface area contributed by atoms with E-state index in [2.05, 4.69) is 0 Å². The third-order valence-electron chi connectivity index (χ3n) is 3.12. The Labute approximate surface area is 116 Å². The maximum atomic E-state index is 13.7. The van der Waals surface area contributed by atoms with E-state index in [0.717, 1.165) is 10.1 Å². The maximum absolute atomic E-state index is 13.7. The summed E-state index contributed by atoms with van der Waals surface area (Å²) >= 11 is 1.37. The van der Waals surface area contributed by atoms with Crippen molar-refractivity contribution >= 4 is 21.4 Å². The van der Waals surface area contributed by atoms with Gasteiger partial charge in [0.1, 0.15) is 23.6 Å². The minimum atomic E-state index is -1.47. The standard InChI is InChI=1S/C15H9F3OS/c16-9-6-11(17)13(12(18)7-9)14(19)10-3-1-2-8-4-5-20-15(8)10/h1-7,14,19H. The van der Waals surface area contributed by atoms with Gasteiger partial charge in [0.2, 0.25) is 0 Å². The summed E-state index contributed by atoms with van der Waals surface area (Å²) in [5.41, 5.74) is -0.130. The number of thiophene rings is 1. The molecule has 2 aromatic carbocycles. The lowest BCUT2D eigenvalue weighted by atomic mass is 9.99. The summed E-state index contributed by atoms with van der Waals surface area (Å²) in [5.74, 6) is -3.20. The molecule has 0 saturated carbocycles. The number of fused-ring (bicyclic) bond motifs is 1. The second-order valence-electron chi connectivity index (χ2n) is 4.37. The van der Waals surface area contributed by atoms with Crippen LogP contribution in [-0.2, 0) is 0 Å². The van der Waals surface area contributed by atoms with Crippen LogP contribution in [-0.4, -0.2) is 5.11 Å². The molecular formula is C15H9F3OS. The van der Waals surface area contributed by atoms with Crippen molar-refractivity contribution in [2.24, 2.45) is 0 Å². The number of hydrogen-bond donors (Lipinski definition) is 1. The SMILES string of the molecule is OC(c1c(F)cc(F)cc1F)c1cccc2ccsc12. The molecule has 1 heterocycles.